The Morgan fingerprint density at radius 1 is 1.29 bits per heavy atom. The molecule has 0 saturated heterocycles. The van der Waals surface area contributed by atoms with Gasteiger partial charge in [0.1, 0.15) is 5.25 Å². The second-order valence-corrected chi connectivity index (χ2v) is 6.69. The minimum atomic E-state index is -3.68. The van der Waals surface area contributed by atoms with E-state index in [1.54, 1.807) is 18.2 Å². The van der Waals surface area contributed by atoms with E-state index in [1.165, 1.54) is 6.92 Å². The molecule has 3 N–H and O–H groups in total. The number of ether oxygens (including phenoxy) is 2. The molecule has 6 nitrogen and oxygen atoms in total. The Morgan fingerprint density at radius 3 is 2.38 bits per heavy atom. The van der Waals surface area contributed by atoms with Gasteiger partial charge in [-0.3, -0.25) is 4.72 Å². The third kappa shape index (κ3) is 4.75. The average Bonchev–Trinajstić information content (AvgIpc) is 2.40. The summed E-state index contributed by atoms with van der Waals surface area (Å²) in [5.41, 5.74) is 5.75. The van der Waals surface area contributed by atoms with E-state index in [4.69, 9.17) is 27.4 Å². The van der Waals surface area contributed by atoms with Crippen LogP contribution in [0.4, 0.5) is 5.69 Å². The fourth-order valence-electron chi connectivity index (χ4n) is 1.52. The zero-order valence-corrected chi connectivity index (χ0v) is 13.9. The van der Waals surface area contributed by atoms with Crippen molar-refractivity contribution in [3.8, 4) is 11.5 Å². The predicted octanol–water partition coefficient (Wildman–Crippen LogP) is 1.90. The summed E-state index contributed by atoms with van der Waals surface area (Å²) in [4.78, 5) is -0.0848. The summed E-state index contributed by atoms with van der Waals surface area (Å²) in [6.45, 7) is 6.06. The summed E-state index contributed by atoms with van der Waals surface area (Å²) in [5, 5.41) is -0.963. The largest absolute Gasteiger partial charge is 0.490 e. The molecule has 1 rings (SSSR count). The molecule has 0 aliphatic carbocycles. The normalized spacial score (nSPS) is 12.5. The highest BCUT2D eigenvalue weighted by molar-refractivity contribution is 7.95. The maximum Gasteiger partial charge on any atom is 0.241 e. The molecule has 0 radical (unpaired) electrons. The number of nitrogens with one attached hydrogen (secondary N) is 1. The van der Waals surface area contributed by atoms with Crippen LogP contribution in [0.2, 0.25) is 0 Å². The van der Waals surface area contributed by atoms with E-state index in [2.05, 4.69) is 4.72 Å². The van der Waals surface area contributed by atoms with Gasteiger partial charge in [-0.25, -0.2) is 8.42 Å². The fourth-order valence-corrected chi connectivity index (χ4v) is 2.84. The first kappa shape index (κ1) is 17.5. The summed E-state index contributed by atoms with van der Waals surface area (Å²) in [6.07, 6.45) is 0. The summed E-state index contributed by atoms with van der Waals surface area (Å²) < 4.78 is 37.4. The van der Waals surface area contributed by atoms with Crippen LogP contribution in [0.1, 0.15) is 20.8 Å². The molecule has 0 amide bonds. The van der Waals surface area contributed by atoms with E-state index in [0.717, 1.165) is 0 Å². The smallest absolute Gasteiger partial charge is 0.241 e. The minimum Gasteiger partial charge on any atom is -0.490 e. The number of anilines is 1. The minimum absolute atomic E-state index is 0.0848. The summed E-state index contributed by atoms with van der Waals surface area (Å²) in [5.74, 6) is 1.03. The number of sulfonamides is 1. The van der Waals surface area contributed by atoms with Crippen molar-refractivity contribution in [2.75, 3.05) is 17.9 Å². The Hall–Kier alpha value is -1.54. The van der Waals surface area contributed by atoms with Gasteiger partial charge in [-0.1, -0.05) is 12.2 Å². The molecule has 0 aliphatic rings. The molecular weight excluding hydrogens is 312 g/mol. The zero-order chi connectivity index (χ0) is 16.0. The maximum absolute atomic E-state index is 12.1. The molecule has 8 heteroatoms. The molecule has 0 bridgehead atoms. The molecule has 1 atom stereocenters. The van der Waals surface area contributed by atoms with Gasteiger partial charge in [0.05, 0.1) is 23.9 Å². The Kier molecular flexibility index (Phi) is 6.22. The van der Waals surface area contributed by atoms with Crippen LogP contribution < -0.4 is 19.9 Å². The van der Waals surface area contributed by atoms with Gasteiger partial charge in [0, 0.05) is 6.07 Å². The van der Waals surface area contributed by atoms with Crippen LogP contribution in [0.5, 0.6) is 11.5 Å². The van der Waals surface area contributed by atoms with E-state index in [0.29, 0.717) is 30.4 Å². The standard InChI is InChI=1S/C13H20N2O4S2/c1-4-18-11-7-6-10(8-12(11)19-5-2)15-21(16,17)9(3)13(14)20/h6-9,15H,4-5H2,1-3H3,(H2,14,20). The SMILES string of the molecule is CCOc1ccc(NS(=O)(=O)C(C)C(N)=S)cc1OCC. The zero-order valence-electron chi connectivity index (χ0n) is 12.3. The van der Waals surface area contributed by atoms with Gasteiger partial charge < -0.3 is 15.2 Å². The van der Waals surface area contributed by atoms with Crippen LogP contribution in [0.25, 0.3) is 0 Å². The second kappa shape index (κ2) is 7.46. The van der Waals surface area contributed by atoms with E-state index in [-0.39, 0.29) is 4.99 Å². The predicted molar refractivity (Wildman–Crippen MR) is 87.6 cm³/mol. The van der Waals surface area contributed by atoms with Gasteiger partial charge in [0.2, 0.25) is 10.0 Å². The Labute approximate surface area is 130 Å². The summed E-state index contributed by atoms with van der Waals surface area (Å²) >= 11 is 4.72. The summed E-state index contributed by atoms with van der Waals surface area (Å²) in [7, 11) is -3.68. The van der Waals surface area contributed by atoms with Gasteiger partial charge in [-0.2, -0.15) is 0 Å². The van der Waals surface area contributed by atoms with Crippen LogP contribution in [-0.4, -0.2) is 31.9 Å². The number of rotatable bonds is 8. The Balaban J connectivity index is 3.04. The van der Waals surface area contributed by atoms with Crippen LogP contribution in [0.15, 0.2) is 18.2 Å². The maximum atomic E-state index is 12.1. The molecule has 1 aromatic carbocycles. The lowest BCUT2D eigenvalue weighted by molar-refractivity contribution is 0.288. The highest BCUT2D eigenvalue weighted by Crippen LogP contribution is 2.31. The fraction of sp³-hybridized carbons (Fsp3) is 0.462. The Bertz CT molecular complexity index is 602. The first-order chi connectivity index (χ1) is 9.81. The lowest BCUT2D eigenvalue weighted by atomic mass is 10.3. The highest BCUT2D eigenvalue weighted by Gasteiger charge is 2.23. The van der Waals surface area contributed by atoms with E-state index in [1.807, 2.05) is 13.8 Å². The lowest BCUT2D eigenvalue weighted by Crippen LogP contribution is -2.35. The first-order valence-electron chi connectivity index (χ1n) is 6.52. The van der Waals surface area contributed by atoms with Gasteiger partial charge in [0.25, 0.3) is 0 Å². The molecule has 0 aromatic heterocycles. The van der Waals surface area contributed by atoms with Gasteiger partial charge in [0.15, 0.2) is 11.5 Å². The van der Waals surface area contributed by atoms with Crippen LogP contribution in [0, 0.1) is 0 Å². The van der Waals surface area contributed by atoms with Crippen molar-refractivity contribution in [3.63, 3.8) is 0 Å². The topological polar surface area (TPSA) is 90.7 Å². The van der Waals surface area contributed by atoms with Gasteiger partial charge >= 0.3 is 0 Å². The first-order valence-corrected chi connectivity index (χ1v) is 8.47. The number of benzene rings is 1. The lowest BCUT2D eigenvalue weighted by Gasteiger charge is -2.16. The number of thiocarbonyl (C=S) groups is 1. The number of hydrogen-bond donors (Lipinski definition) is 2. The molecule has 1 unspecified atom stereocenters. The molecular formula is C13H20N2O4S2. The van der Waals surface area contributed by atoms with E-state index >= 15 is 0 Å². The Morgan fingerprint density at radius 2 is 1.86 bits per heavy atom. The van der Waals surface area contributed by atoms with Crippen molar-refractivity contribution in [1.82, 2.24) is 0 Å². The molecule has 0 saturated carbocycles. The molecule has 21 heavy (non-hydrogen) atoms. The molecule has 118 valence electrons. The molecule has 0 spiro atoms. The van der Waals surface area contributed by atoms with Gasteiger partial charge in [-0.15, -0.1) is 0 Å². The second-order valence-electron chi connectivity index (χ2n) is 4.22. The van der Waals surface area contributed by atoms with Crippen LogP contribution in [0.3, 0.4) is 0 Å². The van der Waals surface area contributed by atoms with Crippen molar-refractivity contribution in [2.24, 2.45) is 5.73 Å². The summed E-state index contributed by atoms with van der Waals surface area (Å²) in [6, 6.07) is 4.81. The van der Waals surface area contributed by atoms with E-state index < -0.39 is 15.3 Å². The third-order valence-corrected chi connectivity index (χ3v) is 4.88. The molecule has 0 aliphatic heterocycles. The monoisotopic (exact) mass is 332 g/mol. The van der Waals surface area contributed by atoms with Gasteiger partial charge in [-0.05, 0) is 32.9 Å². The molecule has 0 fully saturated rings. The molecule has 1 aromatic rings. The quantitative estimate of drug-likeness (QED) is 0.707. The van der Waals surface area contributed by atoms with Crippen molar-refractivity contribution in [1.29, 1.82) is 0 Å². The highest BCUT2D eigenvalue weighted by atomic mass is 32.2. The van der Waals surface area contributed by atoms with Crippen molar-refractivity contribution < 1.29 is 17.9 Å². The number of nitrogens with two attached hydrogens (primary N) is 1. The van der Waals surface area contributed by atoms with E-state index in [9.17, 15) is 8.42 Å². The third-order valence-electron chi connectivity index (χ3n) is 2.67. The van der Waals surface area contributed by atoms with Crippen LogP contribution >= 0.6 is 12.2 Å². The average molecular weight is 332 g/mol. The van der Waals surface area contributed by atoms with Crippen molar-refractivity contribution >= 4 is 32.9 Å². The number of hydrogen-bond acceptors (Lipinski definition) is 5. The van der Waals surface area contributed by atoms with Crippen molar-refractivity contribution in [3.05, 3.63) is 18.2 Å². The van der Waals surface area contributed by atoms with Crippen molar-refractivity contribution in [2.45, 2.75) is 26.0 Å². The molecule has 0 heterocycles. The van der Waals surface area contributed by atoms with Crippen LogP contribution in [-0.2, 0) is 10.0 Å².